The van der Waals surface area contributed by atoms with Crippen LogP contribution in [-0.4, -0.2) is 29.6 Å². The SMILES string of the molecule is Cc1cc(N2CCSCC2)c(C#N)c(C)n1. The van der Waals surface area contributed by atoms with Gasteiger partial charge in [0.25, 0.3) is 0 Å². The molecule has 0 aromatic carbocycles. The third kappa shape index (κ3) is 2.14. The number of nitriles is 1. The fourth-order valence-electron chi connectivity index (χ4n) is 2.00. The van der Waals surface area contributed by atoms with Gasteiger partial charge >= 0.3 is 0 Å². The van der Waals surface area contributed by atoms with Gasteiger partial charge in [-0.15, -0.1) is 0 Å². The van der Waals surface area contributed by atoms with Gasteiger partial charge in [-0.05, 0) is 19.9 Å². The summed E-state index contributed by atoms with van der Waals surface area (Å²) in [5.41, 5.74) is 3.63. The Labute approximate surface area is 100 Å². The minimum Gasteiger partial charge on any atom is -0.369 e. The Morgan fingerprint density at radius 1 is 1.38 bits per heavy atom. The lowest BCUT2D eigenvalue weighted by Crippen LogP contribution is -2.33. The van der Waals surface area contributed by atoms with Gasteiger partial charge < -0.3 is 4.90 Å². The molecule has 0 amide bonds. The molecule has 84 valence electrons. The van der Waals surface area contributed by atoms with E-state index in [9.17, 15) is 5.26 Å². The minimum absolute atomic E-state index is 0.734. The van der Waals surface area contributed by atoms with E-state index < -0.39 is 0 Å². The molecule has 3 nitrogen and oxygen atoms in total. The van der Waals surface area contributed by atoms with Crippen molar-refractivity contribution in [2.45, 2.75) is 13.8 Å². The van der Waals surface area contributed by atoms with Crippen molar-refractivity contribution in [3.05, 3.63) is 23.0 Å². The molecule has 2 heterocycles. The Bertz CT molecular complexity index is 431. The molecular weight excluding hydrogens is 218 g/mol. The summed E-state index contributed by atoms with van der Waals surface area (Å²) >= 11 is 1.97. The van der Waals surface area contributed by atoms with Crippen LogP contribution >= 0.6 is 11.8 Å². The maximum Gasteiger partial charge on any atom is 0.103 e. The highest BCUT2D eigenvalue weighted by atomic mass is 32.2. The molecule has 0 saturated carbocycles. The van der Waals surface area contributed by atoms with Crippen molar-refractivity contribution >= 4 is 17.4 Å². The maximum absolute atomic E-state index is 9.20. The standard InChI is InChI=1S/C12H15N3S/c1-9-7-12(11(8-13)10(2)14-9)15-3-5-16-6-4-15/h7H,3-6H2,1-2H3. The van der Waals surface area contributed by atoms with Gasteiger partial charge in [-0.3, -0.25) is 4.98 Å². The molecule has 0 spiro atoms. The number of thioether (sulfide) groups is 1. The van der Waals surface area contributed by atoms with Gasteiger partial charge in [0.1, 0.15) is 6.07 Å². The number of hydrogen-bond acceptors (Lipinski definition) is 4. The van der Waals surface area contributed by atoms with E-state index >= 15 is 0 Å². The number of hydrogen-bond donors (Lipinski definition) is 0. The van der Waals surface area contributed by atoms with Gasteiger partial charge in [-0.2, -0.15) is 17.0 Å². The highest BCUT2D eigenvalue weighted by Gasteiger charge is 2.17. The Hall–Kier alpha value is -1.21. The molecular formula is C12H15N3S. The summed E-state index contributed by atoms with van der Waals surface area (Å²) in [7, 11) is 0. The summed E-state index contributed by atoms with van der Waals surface area (Å²) in [5, 5.41) is 9.20. The summed E-state index contributed by atoms with van der Waals surface area (Å²) in [6.07, 6.45) is 0. The fourth-order valence-corrected chi connectivity index (χ4v) is 2.90. The normalized spacial score (nSPS) is 15.9. The average Bonchev–Trinajstić information content (AvgIpc) is 2.29. The first-order valence-electron chi connectivity index (χ1n) is 5.43. The second-order valence-corrected chi connectivity index (χ2v) is 5.18. The van der Waals surface area contributed by atoms with Crippen molar-refractivity contribution in [3.8, 4) is 6.07 Å². The van der Waals surface area contributed by atoms with Crippen LogP contribution in [0.2, 0.25) is 0 Å². The molecule has 1 saturated heterocycles. The van der Waals surface area contributed by atoms with Crippen LogP contribution in [0.15, 0.2) is 6.07 Å². The predicted octanol–water partition coefficient (Wildman–Crippen LogP) is 2.12. The van der Waals surface area contributed by atoms with E-state index in [1.807, 2.05) is 31.7 Å². The lowest BCUT2D eigenvalue weighted by atomic mass is 10.1. The van der Waals surface area contributed by atoms with E-state index in [0.29, 0.717) is 0 Å². The molecule has 0 unspecified atom stereocenters. The Kier molecular flexibility index (Phi) is 3.35. The molecule has 1 aliphatic rings. The van der Waals surface area contributed by atoms with Crippen LogP contribution in [-0.2, 0) is 0 Å². The van der Waals surface area contributed by atoms with Gasteiger partial charge in [0.15, 0.2) is 0 Å². The van der Waals surface area contributed by atoms with E-state index in [1.165, 1.54) is 0 Å². The predicted molar refractivity (Wildman–Crippen MR) is 68.0 cm³/mol. The van der Waals surface area contributed by atoms with E-state index in [1.54, 1.807) is 0 Å². The zero-order valence-electron chi connectivity index (χ0n) is 9.66. The van der Waals surface area contributed by atoms with Gasteiger partial charge in [0.2, 0.25) is 0 Å². The van der Waals surface area contributed by atoms with Gasteiger partial charge in [-0.1, -0.05) is 0 Å². The molecule has 0 aliphatic carbocycles. The number of pyridine rings is 1. The number of anilines is 1. The highest BCUT2D eigenvalue weighted by molar-refractivity contribution is 7.99. The second kappa shape index (κ2) is 4.75. The van der Waals surface area contributed by atoms with Crippen molar-refractivity contribution in [2.24, 2.45) is 0 Å². The Morgan fingerprint density at radius 3 is 2.69 bits per heavy atom. The first-order valence-corrected chi connectivity index (χ1v) is 6.59. The molecule has 0 N–H and O–H groups in total. The number of aromatic nitrogens is 1. The van der Waals surface area contributed by atoms with E-state index in [2.05, 4.69) is 16.0 Å². The molecule has 1 aromatic rings. The summed E-state index contributed by atoms with van der Waals surface area (Å²) in [4.78, 5) is 6.65. The van der Waals surface area contributed by atoms with Gasteiger partial charge in [0.05, 0.1) is 16.9 Å². The van der Waals surface area contributed by atoms with Crippen LogP contribution in [0.3, 0.4) is 0 Å². The van der Waals surface area contributed by atoms with Gasteiger partial charge in [0, 0.05) is 30.3 Å². The zero-order chi connectivity index (χ0) is 11.5. The first kappa shape index (κ1) is 11.3. The van der Waals surface area contributed by atoms with Crippen molar-refractivity contribution in [1.82, 2.24) is 4.98 Å². The van der Waals surface area contributed by atoms with Crippen molar-refractivity contribution in [3.63, 3.8) is 0 Å². The molecule has 4 heteroatoms. The molecule has 1 fully saturated rings. The zero-order valence-corrected chi connectivity index (χ0v) is 10.5. The van der Waals surface area contributed by atoms with Gasteiger partial charge in [-0.25, -0.2) is 0 Å². The maximum atomic E-state index is 9.20. The lowest BCUT2D eigenvalue weighted by molar-refractivity contribution is 0.851. The van der Waals surface area contributed by atoms with Crippen LogP contribution in [0.1, 0.15) is 17.0 Å². The van der Waals surface area contributed by atoms with Crippen molar-refractivity contribution in [2.75, 3.05) is 29.5 Å². The van der Waals surface area contributed by atoms with Crippen LogP contribution in [0.4, 0.5) is 5.69 Å². The van der Waals surface area contributed by atoms with E-state index in [4.69, 9.17) is 0 Å². The molecule has 1 aromatic heterocycles. The Balaban J connectivity index is 2.42. The molecule has 16 heavy (non-hydrogen) atoms. The van der Waals surface area contributed by atoms with E-state index in [0.717, 1.165) is 47.2 Å². The van der Waals surface area contributed by atoms with E-state index in [-0.39, 0.29) is 0 Å². The molecule has 0 atom stereocenters. The topological polar surface area (TPSA) is 39.9 Å². The fraction of sp³-hybridized carbons (Fsp3) is 0.500. The summed E-state index contributed by atoms with van der Waals surface area (Å²) in [5.74, 6) is 2.29. The highest BCUT2D eigenvalue weighted by Crippen LogP contribution is 2.25. The Morgan fingerprint density at radius 2 is 2.06 bits per heavy atom. The van der Waals surface area contributed by atoms with Crippen molar-refractivity contribution in [1.29, 1.82) is 5.26 Å². The number of aryl methyl sites for hydroxylation is 2. The average molecular weight is 233 g/mol. The van der Waals surface area contributed by atoms with Crippen LogP contribution in [0.5, 0.6) is 0 Å². The largest absolute Gasteiger partial charge is 0.369 e. The summed E-state index contributed by atoms with van der Waals surface area (Å²) in [6.45, 7) is 5.95. The van der Waals surface area contributed by atoms with Crippen molar-refractivity contribution < 1.29 is 0 Å². The minimum atomic E-state index is 0.734. The molecule has 1 aliphatic heterocycles. The number of nitrogens with zero attached hydrogens (tertiary/aromatic N) is 3. The van der Waals surface area contributed by atoms with Crippen LogP contribution in [0.25, 0.3) is 0 Å². The number of rotatable bonds is 1. The van der Waals surface area contributed by atoms with Crippen LogP contribution < -0.4 is 4.90 Å². The smallest absolute Gasteiger partial charge is 0.103 e. The summed E-state index contributed by atoms with van der Waals surface area (Å²) < 4.78 is 0. The first-order chi connectivity index (χ1) is 7.72. The quantitative estimate of drug-likeness (QED) is 0.745. The lowest BCUT2D eigenvalue weighted by Gasteiger charge is -2.29. The molecule has 0 radical (unpaired) electrons. The summed E-state index contributed by atoms with van der Waals surface area (Å²) in [6, 6.07) is 4.31. The monoisotopic (exact) mass is 233 g/mol. The molecule has 0 bridgehead atoms. The third-order valence-corrected chi connectivity index (χ3v) is 3.71. The molecule has 2 rings (SSSR count). The van der Waals surface area contributed by atoms with Crippen LogP contribution in [0, 0.1) is 25.2 Å². The third-order valence-electron chi connectivity index (χ3n) is 2.77. The second-order valence-electron chi connectivity index (χ2n) is 3.95.